The maximum absolute atomic E-state index is 10.5. The molecule has 1 aliphatic carbocycles. The molecule has 0 aromatic carbocycles. The molecule has 66 valence electrons. The Morgan fingerprint density at radius 1 is 1.54 bits per heavy atom. The number of allylic oxidation sites excluding steroid dienone is 6. The Morgan fingerprint density at radius 2 is 2.31 bits per heavy atom. The molecule has 0 N–H and O–H groups in total. The number of rotatable bonds is 3. The zero-order valence-corrected chi connectivity index (χ0v) is 10.4. The Balaban J connectivity index is 0. The predicted octanol–water partition coefficient (Wildman–Crippen LogP) is -0.230. The zero-order chi connectivity index (χ0) is 8.81. The predicted molar refractivity (Wildman–Crippen MR) is 51.9 cm³/mol. The molecule has 0 aromatic rings. The Labute approximate surface area is 103 Å². The van der Waals surface area contributed by atoms with Gasteiger partial charge in [-0.05, 0) is 12.0 Å². The van der Waals surface area contributed by atoms with Crippen molar-refractivity contribution < 1.29 is 35.8 Å². The molecule has 0 spiro atoms. The summed E-state index contributed by atoms with van der Waals surface area (Å²) < 4.78 is 0. The van der Waals surface area contributed by atoms with Crippen LogP contribution >= 0.6 is 0 Å². The van der Waals surface area contributed by atoms with E-state index >= 15 is 0 Å². The molecule has 1 aliphatic rings. The van der Waals surface area contributed by atoms with E-state index in [4.69, 9.17) is 0 Å². The first-order chi connectivity index (χ1) is 5.86. The van der Waals surface area contributed by atoms with Crippen molar-refractivity contribution in [3.05, 3.63) is 36.0 Å². The molecule has 1 rings (SSSR count). The van der Waals surface area contributed by atoms with Crippen molar-refractivity contribution in [2.75, 3.05) is 0 Å². The van der Waals surface area contributed by atoms with E-state index in [9.17, 15) is 4.79 Å². The molecule has 0 radical (unpaired) electrons. The standard InChI is InChI=1S/C11H14O.Na.H/c1-2-4-10-5-3-6-11(9-12)8-7-10;;/h3,5-9,11H,2,4H2,1H3;;/q;+1;-1. The molecule has 0 fully saturated rings. The summed E-state index contributed by atoms with van der Waals surface area (Å²) in [7, 11) is 0. The number of aldehydes is 1. The Morgan fingerprint density at radius 3 is 2.92 bits per heavy atom. The summed E-state index contributed by atoms with van der Waals surface area (Å²) in [5, 5.41) is 0. The van der Waals surface area contributed by atoms with Gasteiger partial charge >= 0.3 is 29.6 Å². The number of hydrogen-bond donors (Lipinski definition) is 0. The third kappa shape index (κ3) is 4.61. The molecule has 0 aromatic heterocycles. The van der Waals surface area contributed by atoms with Crippen LogP contribution in [0.5, 0.6) is 0 Å². The van der Waals surface area contributed by atoms with Crippen LogP contribution in [0.2, 0.25) is 0 Å². The van der Waals surface area contributed by atoms with E-state index in [1.54, 1.807) is 0 Å². The van der Waals surface area contributed by atoms with Crippen LogP contribution in [0.4, 0.5) is 0 Å². The van der Waals surface area contributed by atoms with Gasteiger partial charge in [0.1, 0.15) is 6.29 Å². The topological polar surface area (TPSA) is 17.1 Å². The van der Waals surface area contributed by atoms with Crippen molar-refractivity contribution in [3.8, 4) is 0 Å². The van der Waals surface area contributed by atoms with Crippen LogP contribution in [0.1, 0.15) is 21.2 Å². The average Bonchev–Trinajstić information content (AvgIpc) is 2.31. The van der Waals surface area contributed by atoms with E-state index in [1.807, 2.05) is 24.3 Å². The van der Waals surface area contributed by atoms with E-state index < -0.39 is 0 Å². The minimum absolute atomic E-state index is 0. The van der Waals surface area contributed by atoms with Crippen molar-refractivity contribution >= 4 is 6.29 Å². The van der Waals surface area contributed by atoms with Gasteiger partial charge in [0.15, 0.2) is 0 Å². The number of carbonyl (C=O) groups is 1. The Hall–Kier alpha value is -0.110. The van der Waals surface area contributed by atoms with Crippen LogP contribution in [-0.4, -0.2) is 6.29 Å². The van der Waals surface area contributed by atoms with Crippen LogP contribution in [0.15, 0.2) is 36.0 Å². The summed E-state index contributed by atoms with van der Waals surface area (Å²) in [6, 6.07) is 0. The van der Waals surface area contributed by atoms with Gasteiger partial charge in [0, 0.05) is 0 Å². The van der Waals surface area contributed by atoms with Gasteiger partial charge in [-0.3, -0.25) is 0 Å². The molecule has 1 nitrogen and oxygen atoms in total. The number of hydrogen-bond acceptors (Lipinski definition) is 1. The van der Waals surface area contributed by atoms with Gasteiger partial charge < -0.3 is 6.22 Å². The Bertz CT molecular complexity index is 244. The fourth-order valence-corrected chi connectivity index (χ4v) is 1.21. The summed E-state index contributed by atoms with van der Waals surface area (Å²) in [4.78, 5) is 10.5. The van der Waals surface area contributed by atoms with E-state index in [0.717, 1.165) is 19.1 Å². The van der Waals surface area contributed by atoms with Crippen LogP contribution in [0.25, 0.3) is 0 Å². The maximum Gasteiger partial charge on any atom is 1.00 e. The van der Waals surface area contributed by atoms with E-state index in [-0.39, 0.29) is 36.9 Å². The Kier molecular flexibility index (Phi) is 7.25. The smallest absolute Gasteiger partial charge is 1.00 e. The van der Waals surface area contributed by atoms with Crippen LogP contribution in [0, 0.1) is 5.92 Å². The van der Waals surface area contributed by atoms with Gasteiger partial charge in [0.25, 0.3) is 0 Å². The van der Waals surface area contributed by atoms with E-state index in [1.165, 1.54) is 5.57 Å². The van der Waals surface area contributed by atoms with Gasteiger partial charge in [-0.2, -0.15) is 0 Å². The van der Waals surface area contributed by atoms with Gasteiger partial charge in [0.05, 0.1) is 5.92 Å². The summed E-state index contributed by atoms with van der Waals surface area (Å²) in [6.45, 7) is 2.15. The van der Waals surface area contributed by atoms with Gasteiger partial charge in [-0.1, -0.05) is 43.7 Å². The summed E-state index contributed by atoms with van der Waals surface area (Å²) in [5.41, 5.74) is 1.30. The molecule has 1 unspecified atom stereocenters. The molecular formula is C11H15NaO. The molecule has 0 saturated heterocycles. The molecule has 1 atom stereocenters. The van der Waals surface area contributed by atoms with Gasteiger partial charge in [0.2, 0.25) is 0 Å². The fraction of sp³-hybridized carbons (Fsp3) is 0.364. The number of carbonyl (C=O) groups excluding carboxylic acids is 1. The van der Waals surface area contributed by atoms with Gasteiger partial charge in [-0.25, -0.2) is 0 Å². The summed E-state index contributed by atoms with van der Waals surface area (Å²) in [6.07, 6.45) is 13.1. The minimum atomic E-state index is -0.0318. The summed E-state index contributed by atoms with van der Waals surface area (Å²) in [5.74, 6) is -0.0318. The van der Waals surface area contributed by atoms with Crippen molar-refractivity contribution in [2.24, 2.45) is 5.92 Å². The first-order valence-electron chi connectivity index (χ1n) is 4.37. The fourth-order valence-electron chi connectivity index (χ4n) is 1.21. The second-order valence-electron chi connectivity index (χ2n) is 2.95. The molecule has 13 heavy (non-hydrogen) atoms. The largest absolute Gasteiger partial charge is 1.00 e. The van der Waals surface area contributed by atoms with Crippen LogP contribution in [-0.2, 0) is 4.79 Å². The van der Waals surface area contributed by atoms with Crippen molar-refractivity contribution in [1.82, 2.24) is 0 Å². The van der Waals surface area contributed by atoms with Crippen molar-refractivity contribution in [3.63, 3.8) is 0 Å². The molecule has 2 heteroatoms. The van der Waals surface area contributed by atoms with Crippen LogP contribution < -0.4 is 29.6 Å². The molecule has 0 aliphatic heterocycles. The molecular weight excluding hydrogens is 171 g/mol. The van der Waals surface area contributed by atoms with Crippen molar-refractivity contribution in [2.45, 2.75) is 19.8 Å². The minimum Gasteiger partial charge on any atom is -1.00 e. The second-order valence-corrected chi connectivity index (χ2v) is 2.95. The third-order valence-corrected chi connectivity index (χ3v) is 1.87. The van der Waals surface area contributed by atoms with E-state index in [2.05, 4.69) is 13.0 Å². The first kappa shape index (κ1) is 12.9. The molecule has 0 heterocycles. The quantitative estimate of drug-likeness (QED) is 0.439. The van der Waals surface area contributed by atoms with E-state index in [0.29, 0.717) is 0 Å². The van der Waals surface area contributed by atoms with Gasteiger partial charge in [-0.15, -0.1) is 0 Å². The SMILES string of the molecule is CCCC1=CC=CC(C=O)C=C1.[H-].[Na+]. The normalized spacial score (nSPS) is 20.1. The maximum atomic E-state index is 10.5. The molecule has 0 bridgehead atoms. The van der Waals surface area contributed by atoms with Crippen LogP contribution in [0.3, 0.4) is 0 Å². The molecule has 0 amide bonds. The molecule has 0 saturated carbocycles. The average molecular weight is 186 g/mol. The first-order valence-corrected chi connectivity index (χ1v) is 4.37. The zero-order valence-electron chi connectivity index (χ0n) is 9.36. The second kappa shape index (κ2) is 7.31. The third-order valence-electron chi connectivity index (χ3n) is 1.87. The monoisotopic (exact) mass is 186 g/mol. The van der Waals surface area contributed by atoms with Crippen molar-refractivity contribution in [1.29, 1.82) is 0 Å². The summed E-state index contributed by atoms with van der Waals surface area (Å²) >= 11 is 0.